The third-order valence-corrected chi connectivity index (χ3v) is 3.21. The van der Waals surface area contributed by atoms with Gasteiger partial charge in [0.05, 0.1) is 0 Å². The van der Waals surface area contributed by atoms with Crippen molar-refractivity contribution in [3.05, 3.63) is 47.5 Å². The van der Waals surface area contributed by atoms with Crippen LogP contribution in [0.3, 0.4) is 0 Å². The lowest BCUT2D eigenvalue weighted by Gasteiger charge is -2.07. The zero-order chi connectivity index (χ0) is 13.1. The molecule has 0 aliphatic rings. The Morgan fingerprint density at radius 1 is 1.17 bits per heavy atom. The Morgan fingerprint density at radius 3 is 2.44 bits per heavy atom. The number of nitrogens with one attached hydrogen (secondary N) is 1. The molecule has 3 nitrogen and oxygen atoms in total. The minimum Gasteiger partial charge on any atom is -0.316 e. The third-order valence-electron chi connectivity index (χ3n) is 3.21. The van der Waals surface area contributed by atoms with Crippen LogP contribution in [-0.2, 0) is 6.54 Å². The molecule has 3 heteroatoms. The minimum absolute atomic E-state index is 0.987. The molecule has 1 heterocycles. The van der Waals surface area contributed by atoms with Crippen LogP contribution >= 0.6 is 0 Å². The van der Waals surface area contributed by atoms with Gasteiger partial charge in [-0.1, -0.05) is 17.7 Å². The first kappa shape index (κ1) is 12.8. The molecular weight excluding hydrogens is 222 g/mol. The Labute approximate surface area is 109 Å². The Hall–Kier alpha value is -1.61. The number of aryl methyl sites for hydroxylation is 3. The zero-order valence-corrected chi connectivity index (χ0v) is 11.7. The molecule has 1 aromatic heterocycles. The van der Waals surface area contributed by atoms with Crippen molar-refractivity contribution >= 4 is 0 Å². The molecule has 1 N–H and O–H groups in total. The molecular formula is C15H22N3+. The summed E-state index contributed by atoms with van der Waals surface area (Å²) >= 11 is 0. The minimum atomic E-state index is 0.987. The van der Waals surface area contributed by atoms with Crippen molar-refractivity contribution < 1.29 is 4.57 Å². The first-order valence-corrected chi connectivity index (χ1v) is 6.41. The Kier molecular flexibility index (Phi) is 3.82. The van der Waals surface area contributed by atoms with Crippen molar-refractivity contribution in [3.63, 3.8) is 0 Å². The highest BCUT2D eigenvalue weighted by Crippen LogP contribution is 2.20. The molecule has 0 atom stereocenters. The van der Waals surface area contributed by atoms with Crippen molar-refractivity contribution in [1.82, 2.24) is 9.88 Å². The topological polar surface area (TPSA) is 20.8 Å². The summed E-state index contributed by atoms with van der Waals surface area (Å²) in [5, 5.41) is 3.17. The van der Waals surface area contributed by atoms with E-state index >= 15 is 0 Å². The maximum atomic E-state index is 3.17. The monoisotopic (exact) mass is 244 g/mol. The second kappa shape index (κ2) is 5.36. The van der Waals surface area contributed by atoms with E-state index in [0.717, 1.165) is 13.1 Å². The second-order valence-electron chi connectivity index (χ2n) is 4.91. The fourth-order valence-electron chi connectivity index (χ4n) is 2.48. The van der Waals surface area contributed by atoms with E-state index < -0.39 is 0 Å². The van der Waals surface area contributed by atoms with E-state index in [4.69, 9.17) is 0 Å². The summed E-state index contributed by atoms with van der Waals surface area (Å²) in [5.74, 6) is 0. The number of rotatable bonds is 4. The van der Waals surface area contributed by atoms with Crippen LogP contribution in [0.15, 0.2) is 30.9 Å². The van der Waals surface area contributed by atoms with E-state index in [9.17, 15) is 0 Å². The summed E-state index contributed by atoms with van der Waals surface area (Å²) in [6.45, 7) is 8.47. The molecule has 0 amide bonds. The van der Waals surface area contributed by atoms with Gasteiger partial charge in [-0.05, 0) is 38.9 Å². The fourth-order valence-corrected chi connectivity index (χ4v) is 2.48. The predicted molar refractivity (Wildman–Crippen MR) is 74.1 cm³/mol. The summed E-state index contributed by atoms with van der Waals surface area (Å²) in [6.07, 6.45) is 6.40. The van der Waals surface area contributed by atoms with Gasteiger partial charge in [0, 0.05) is 6.54 Å². The maximum absolute atomic E-state index is 3.17. The van der Waals surface area contributed by atoms with E-state index in [2.05, 4.69) is 66.1 Å². The molecule has 96 valence electrons. The molecule has 1 aromatic carbocycles. The first-order chi connectivity index (χ1) is 8.61. The van der Waals surface area contributed by atoms with Gasteiger partial charge >= 0.3 is 0 Å². The van der Waals surface area contributed by atoms with Crippen molar-refractivity contribution in [2.24, 2.45) is 0 Å². The predicted octanol–water partition coefficient (Wildman–Crippen LogP) is 1.91. The molecule has 0 aliphatic carbocycles. The SMILES string of the molecule is CNCC[n+]1ccn(-c2c(C)cc(C)cc2C)c1. The summed E-state index contributed by atoms with van der Waals surface area (Å²) in [6, 6.07) is 4.47. The Balaban J connectivity index is 2.34. The molecule has 0 spiro atoms. The molecule has 0 aliphatic heterocycles. The van der Waals surface area contributed by atoms with Crippen LogP contribution in [0.2, 0.25) is 0 Å². The number of aromatic nitrogens is 2. The molecule has 0 fully saturated rings. The average Bonchev–Trinajstić information content (AvgIpc) is 2.73. The lowest BCUT2D eigenvalue weighted by molar-refractivity contribution is -0.694. The van der Waals surface area contributed by atoms with E-state index in [1.807, 2.05) is 7.05 Å². The second-order valence-corrected chi connectivity index (χ2v) is 4.91. The van der Waals surface area contributed by atoms with Gasteiger partial charge < -0.3 is 5.32 Å². The summed E-state index contributed by atoms with van der Waals surface area (Å²) < 4.78 is 4.41. The van der Waals surface area contributed by atoms with E-state index in [1.54, 1.807) is 0 Å². The van der Waals surface area contributed by atoms with Crippen LogP contribution in [0.25, 0.3) is 5.69 Å². The Morgan fingerprint density at radius 2 is 1.83 bits per heavy atom. The molecule has 0 unspecified atom stereocenters. The van der Waals surface area contributed by atoms with Crippen LogP contribution in [0.1, 0.15) is 16.7 Å². The highest BCUT2D eigenvalue weighted by atomic mass is 15.1. The fraction of sp³-hybridized carbons (Fsp3) is 0.400. The first-order valence-electron chi connectivity index (χ1n) is 6.41. The van der Waals surface area contributed by atoms with E-state index in [-0.39, 0.29) is 0 Å². The Bertz CT molecular complexity index is 517. The van der Waals surface area contributed by atoms with E-state index in [0.29, 0.717) is 0 Å². The number of benzene rings is 1. The number of likely N-dealkylation sites (N-methyl/N-ethyl adjacent to an activating group) is 1. The lowest BCUT2D eigenvalue weighted by Crippen LogP contribution is -2.36. The van der Waals surface area contributed by atoms with Crippen LogP contribution in [-0.4, -0.2) is 18.2 Å². The van der Waals surface area contributed by atoms with Gasteiger partial charge in [0.1, 0.15) is 24.6 Å². The molecule has 0 saturated carbocycles. The number of hydrogen-bond donors (Lipinski definition) is 1. The quantitative estimate of drug-likeness (QED) is 0.815. The average molecular weight is 244 g/mol. The van der Waals surface area contributed by atoms with Gasteiger partial charge in [-0.2, -0.15) is 0 Å². The van der Waals surface area contributed by atoms with Crippen LogP contribution < -0.4 is 9.88 Å². The van der Waals surface area contributed by atoms with Crippen molar-refractivity contribution in [3.8, 4) is 5.69 Å². The largest absolute Gasteiger partial charge is 0.316 e. The molecule has 2 aromatic rings. The lowest BCUT2D eigenvalue weighted by atomic mass is 10.1. The molecule has 2 rings (SSSR count). The number of hydrogen-bond acceptors (Lipinski definition) is 1. The standard InChI is InChI=1S/C15H22N3/c1-12-9-13(2)15(14(3)10-12)18-8-7-17(11-18)6-5-16-4/h7-11,16H,5-6H2,1-4H3/q+1. The maximum Gasteiger partial charge on any atom is 0.249 e. The third kappa shape index (κ3) is 2.62. The van der Waals surface area contributed by atoms with E-state index in [1.165, 1.54) is 22.4 Å². The molecule has 0 radical (unpaired) electrons. The van der Waals surface area contributed by atoms with Gasteiger partial charge in [-0.15, -0.1) is 0 Å². The smallest absolute Gasteiger partial charge is 0.249 e. The van der Waals surface area contributed by atoms with Crippen molar-refractivity contribution in [1.29, 1.82) is 0 Å². The summed E-state index contributed by atoms with van der Waals surface area (Å²) in [5.41, 5.74) is 5.26. The van der Waals surface area contributed by atoms with Crippen molar-refractivity contribution in [2.75, 3.05) is 13.6 Å². The highest BCUT2D eigenvalue weighted by molar-refractivity contribution is 5.48. The van der Waals surface area contributed by atoms with Gasteiger partial charge in [-0.3, -0.25) is 0 Å². The van der Waals surface area contributed by atoms with Gasteiger partial charge in [0.2, 0.25) is 6.33 Å². The van der Waals surface area contributed by atoms with Gasteiger partial charge in [-0.25, -0.2) is 9.13 Å². The molecule has 0 saturated heterocycles. The normalized spacial score (nSPS) is 10.9. The van der Waals surface area contributed by atoms with Crippen molar-refractivity contribution in [2.45, 2.75) is 27.3 Å². The molecule has 0 bridgehead atoms. The zero-order valence-electron chi connectivity index (χ0n) is 11.7. The number of imidazole rings is 1. The summed E-state index contributed by atoms with van der Waals surface area (Å²) in [4.78, 5) is 0. The molecule has 18 heavy (non-hydrogen) atoms. The van der Waals surface area contributed by atoms with Crippen LogP contribution in [0.4, 0.5) is 0 Å². The summed E-state index contributed by atoms with van der Waals surface area (Å²) in [7, 11) is 1.98. The van der Waals surface area contributed by atoms with Gasteiger partial charge in [0.15, 0.2) is 0 Å². The van der Waals surface area contributed by atoms with Gasteiger partial charge in [0.25, 0.3) is 0 Å². The highest BCUT2D eigenvalue weighted by Gasteiger charge is 2.12. The van der Waals surface area contributed by atoms with Crippen LogP contribution in [0, 0.1) is 20.8 Å². The van der Waals surface area contributed by atoms with Crippen LogP contribution in [0.5, 0.6) is 0 Å². The number of nitrogens with zero attached hydrogens (tertiary/aromatic N) is 2.